The molecule has 0 saturated carbocycles. The molecule has 6 nitrogen and oxygen atoms in total. The molecule has 6 heteroatoms. The second kappa shape index (κ2) is 7.97. The van der Waals surface area contributed by atoms with E-state index in [0.29, 0.717) is 13.1 Å². The fraction of sp³-hybridized carbons (Fsp3) is 0.529. The lowest BCUT2D eigenvalue weighted by molar-refractivity contribution is -0.119. The zero-order valence-corrected chi connectivity index (χ0v) is 14.2. The number of carbonyl (C=O) groups is 2. The first-order chi connectivity index (χ1) is 11.0. The van der Waals surface area contributed by atoms with Crippen molar-refractivity contribution in [3.63, 3.8) is 0 Å². The van der Waals surface area contributed by atoms with Gasteiger partial charge in [0.05, 0.1) is 0 Å². The predicted octanol–water partition coefficient (Wildman–Crippen LogP) is 0.927. The quantitative estimate of drug-likeness (QED) is 0.877. The van der Waals surface area contributed by atoms with Gasteiger partial charge in [-0.2, -0.15) is 0 Å². The number of benzene rings is 1. The molecular weight excluding hydrogens is 292 g/mol. The lowest BCUT2D eigenvalue weighted by atomic mass is 10.2. The number of rotatable bonds is 5. The number of carbonyl (C=O) groups excluding carboxylic acids is 2. The molecule has 0 radical (unpaired) electrons. The SMILES string of the molecule is CC(=O)NCCN(C(C)=O)c1ccc(N2CCN(C)CC2)cc1. The number of hydrogen-bond acceptors (Lipinski definition) is 4. The van der Waals surface area contributed by atoms with Gasteiger partial charge in [0.15, 0.2) is 0 Å². The Bertz CT molecular complexity index is 536. The van der Waals surface area contributed by atoms with Gasteiger partial charge in [-0.3, -0.25) is 9.59 Å². The zero-order valence-electron chi connectivity index (χ0n) is 14.2. The third-order valence-electron chi connectivity index (χ3n) is 4.12. The van der Waals surface area contributed by atoms with Gasteiger partial charge in [-0.15, -0.1) is 0 Å². The van der Waals surface area contributed by atoms with Crippen molar-refractivity contribution in [3.8, 4) is 0 Å². The van der Waals surface area contributed by atoms with Crippen LogP contribution in [0, 0.1) is 0 Å². The molecule has 0 atom stereocenters. The average molecular weight is 318 g/mol. The molecule has 1 aliphatic rings. The second-order valence-electron chi connectivity index (χ2n) is 5.96. The molecule has 0 aromatic heterocycles. The Hall–Kier alpha value is -2.08. The van der Waals surface area contributed by atoms with Crippen molar-refractivity contribution in [2.24, 2.45) is 0 Å². The molecule has 1 aliphatic heterocycles. The van der Waals surface area contributed by atoms with Crippen molar-refractivity contribution >= 4 is 23.2 Å². The zero-order chi connectivity index (χ0) is 16.8. The summed E-state index contributed by atoms with van der Waals surface area (Å²) < 4.78 is 0. The minimum atomic E-state index is -0.0843. The van der Waals surface area contributed by atoms with Gasteiger partial charge in [-0.25, -0.2) is 0 Å². The summed E-state index contributed by atoms with van der Waals surface area (Å²) in [5.41, 5.74) is 2.05. The van der Waals surface area contributed by atoms with E-state index in [9.17, 15) is 9.59 Å². The molecule has 1 heterocycles. The van der Waals surface area contributed by atoms with Crippen LogP contribution >= 0.6 is 0 Å². The van der Waals surface area contributed by atoms with Gasteiger partial charge in [0.1, 0.15) is 0 Å². The van der Waals surface area contributed by atoms with E-state index >= 15 is 0 Å². The maximum Gasteiger partial charge on any atom is 0.223 e. The number of nitrogens with zero attached hydrogens (tertiary/aromatic N) is 3. The van der Waals surface area contributed by atoms with Crippen molar-refractivity contribution < 1.29 is 9.59 Å². The van der Waals surface area contributed by atoms with E-state index in [0.717, 1.165) is 31.9 Å². The van der Waals surface area contributed by atoms with E-state index in [4.69, 9.17) is 0 Å². The molecule has 1 aromatic carbocycles. The monoisotopic (exact) mass is 318 g/mol. The van der Waals surface area contributed by atoms with Crippen LogP contribution in [0.4, 0.5) is 11.4 Å². The lowest BCUT2D eigenvalue weighted by Crippen LogP contribution is -2.44. The third-order valence-corrected chi connectivity index (χ3v) is 4.12. The van der Waals surface area contributed by atoms with E-state index in [2.05, 4.69) is 34.3 Å². The van der Waals surface area contributed by atoms with E-state index in [1.807, 2.05) is 12.1 Å². The van der Waals surface area contributed by atoms with Crippen LogP contribution in [0.1, 0.15) is 13.8 Å². The minimum absolute atomic E-state index is 0.0253. The highest BCUT2D eigenvalue weighted by atomic mass is 16.2. The summed E-state index contributed by atoms with van der Waals surface area (Å²) >= 11 is 0. The van der Waals surface area contributed by atoms with Gasteiger partial charge in [-0.1, -0.05) is 0 Å². The van der Waals surface area contributed by atoms with Crippen molar-refractivity contribution in [3.05, 3.63) is 24.3 Å². The van der Waals surface area contributed by atoms with Gasteiger partial charge in [0.2, 0.25) is 11.8 Å². The summed E-state index contributed by atoms with van der Waals surface area (Å²) in [5, 5.41) is 2.72. The van der Waals surface area contributed by atoms with E-state index in [1.54, 1.807) is 11.8 Å². The first kappa shape index (κ1) is 17.3. The van der Waals surface area contributed by atoms with Crippen LogP contribution in [0.15, 0.2) is 24.3 Å². The van der Waals surface area contributed by atoms with Crippen molar-refractivity contribution in [1.29, 1.82) is 0 Å². The summed E-state index contributed by atoms with van der Waals surface area (Å²) in [5.74, 6) is -0.110. The van der Waals surface area contributed by atoms with Crippen LogP contribution in [0.25, 0.3) is 0 Å². The molecule has 1 aromatic rings. The minimum Gasteiger partial charge on any atom is -0.369 e. The molecule has 0 spiro atoms. The molecule has 0 aliphatic carbocycles. The molecule has 0 bridgehead atoms. The second-order valence-corrected chi connectivity index (χ2v) is 5.96. The fourth-order valence-corrected chi connectivity index (χ4v) is 2.72. The first-order valence-corrected chi connectivity index (χ1v) is 8.03. The Morgan fingerprint density at radius 3 is 2.22 bits per heavy atom. The van der Waals surface area contributed by atoms with Crippen molar-refractivity contribution in [2.45, 2.75) is 13.8 Å². The highest BCUT2D eigenvalue weighted by Crippen LogP contribution is 2.21. The van der Waals surface area contributed by atoms with E-state index < -0.39 is 0 Å². The van der Waals surface area contributed by atoms with Crippen LogP contribution in [0.2, 0.25) is 0 Å². The van der Waals surface area contributed by atoms with Crippen LogP contribution in [0.5, 0.6) is 0 Å². The molecule has 2 rings (SSSR count). The largest absolute Gasteiger partial charge is 0.369 e. The molecule has 1 N–H and O–H groups in total. The van der Waals surface area contributed by atoms with Gasteiger partial charge in [0.25, 0.3) is 0 Å². The van der Waals surface area contributed by atoms with E-state index in [-0.39, 0.29) is 11.8 Å². The summed E-state index contributed by atoms with van der Waals surface area (Å²) in [6.07, 6.45) is 0. The fourth-order valence-electron chi connectivity index (χ4n) is 2.72. The smallest absolute Gasteiger partial charge is 0.223 e. The number of piperazine rings is 1. The number of amides is 2. The Kier molecular flexibility index (Phi) is 5.98. The van der Waals surface area contributed by atoms with Crippen LogP contribution < -0.4 is 15.1 Å². The number of likely N-dealkylation sites (N-methyl/N-ethyl adjacent to an activating group) is 1. The maximum absolute atomic E-state index is 11.8. The summed E-state index contributed by atoms with van der Waals surface area (Å²) in [4.78, 5) is 29.2. The molecule has 2 amide bonds. The third kappa shape index (κ3) is 4.96. The molecule has 1 fully saturated rings. The van der Waals surface area contributed by atoms with Gasteiger partial charge < -0.3 is 20.0 Å². The van der Waals surface area contributed by atoms with Crippen LogP contribution in [-0.4, -0.2) is 63.0 Å². The Labute approximate surface area is 138 Å². The topological polar surface area (TPSA) is 55.9 Å². The van der Waals surface area contributed by atoms with Crippen molar-refractivity contribution in [1.82, 2.24) is 10.2 Å². The number of anilines is 2. The van der Waals surface area contributed by atoms with Crippen LogP contribution in [-0.2, 0) is 9.59 Å². The number of nitrogens with one attached hydrogen (secondary N) is 1. The first-order valence-electron chi connectivity index (χ1n) is 8.03. The van der Waals surface area contributed by atoms with Crippen molar-refractivity contribution in [2.75, 3.05) is 56.1 Å². The van der Waals surface area contributed by atoms with E-state index in [1.165, 1.54) is 12.6 Å². The van der Waals surface area contributed by atoms with Gasteiger partial charge in [0, 0.05) is 64.5 Å². The summed E-state index contributed by atoms with van der Waals surface area (Å²) in [7, 11) is 2.14. The number of hydrogen-bond donors (Lipinski definition) is 1. The molecule has 0 unspecified atom stereocenters. The maximum atomic E-state index is 11.8. The standard InChI is InChI=1S/C17H26N4O2/c1-14(22)18-8-9-21(15(2)23)17-6-4-16(5-7-17)20-12-10-19(3)11-13-20/h4-7H,8-13H2,1-3H3,(H,18,22). The predicted molar refractivity (Wildman–Crippen MR) is 92.9 cm³/mol. The Morgan fingerprint density at radius 1 is 1.09 bits per heavy atom. The van der Waals surface area contributed by atoms with Gasteiger partial charge in [-0.05, 0) is 31.3 Å². The van der Waals surface area contributed by atoms with Gasteiger partial charge >= 0.3 is 0 Å². The molecular formula is C17H26N4O2. The Morgan fingerprint density at radius 2 is 1.70 bits per heavy atom. The Balaban J connectivity index is 2.00. The molecule has 23 heavy (non-hydrogen) atoms. The molecule has 126 valence electrons. The summed E-state index contributed by atoms with van der Waals surface area (Å²) in [6.45, 7) is 8.13. The van der Waals surface area contributed by atoms with Crippen LogP contribution in [0.3, 0.4) is 0 Å². The highest BCUT2D eigenvalue weighted by molar-refractivity contribution is 5.91. The lowest BCUT2D eigenvalue weighted by Gasteiger charge is -2.34. The highest BCUT2D eigenvalue weighted by Gasteiger charge is 2.15. The average Bonchev–Trinajstić information content (AvgIpc) is 2.52. The molecule has 1 saturated heterocycles. The summed E-state index contributed by atoms with van der Waals surface area (Å²) in [6, 6.07) is 8.08. The normalized spacial score (nSPS) is 15.3.